The van der Waals surface area contributed by atoms with Gasteiger partial charge in [0, 0.05) is 6.61 Å². The number of hydrogen-bond acceptors (Lipinski definition) is 5. The van der Waals surface area contributed by atoms with E-state index in [1.165, 1.54) is 0 Å². The predicted octanol–water partition coefficient (Wildman–Crippen LogP) is 3.00. The molecule has 2 rings (SSSR count). The van der Waals surface area contributed by atoms with Gasteiger partial charge in [0.05, 0.1) is 12.0 Å². The lowest BCUT2D eigenvalue weighted by molar-refractivity contribution is 0.0683. The Kier molecular flexibility index (Phi) is 4.87. The van der Waals surface area contributed by atoms with Crippen molar-refractivity contribution in [3.8, 4) is 0 Å². The Labute approximate surface area is 118 Å². The first-order chi connectivity index (χ1) is 9.63. The fraction of sp³-hybridized carbons (Fsp3) is 0.467. The quantitative estimate of drug-likeness (QED) is 0.878. The van der Waals surface area contributed by atoms with Crippen LogP contribution in [0.2, 0.25) is 0 Å². The zero-order valence-corrected chi connectivity index (χ0v) is 12.0. The van der Waals surface area contributed by atoms with Crippen molar-refractivity contribution in [2.24, 2.45) is 0 Å². The van der Waals surface area contributed by atoms with Crippen LogP contribution in [0, 0.1) is 0 Å². The summed E-state index contributed by atoms with van der Waals surface area (Å²) >= 11 is 0. The third-order valence-corrected chi connectivity index (χ3v) is 3.24. The molecular weight excluding hydrogens is 256 g/mol. The van der Waals surface area contributed by atoms with Crippen LogP contribution in [0.1, 0.15) is 56.2 Å². The molecule has 0 aliphatic carbocycles. The van der Waals surface area contributed by atoms with Gasteiger partial charge in [-0.15, -0.1) is 0 Å². The van der Waals surface area contributed by atoms with Crippen LogP contribution in [-0.4, -0.2) is 21.9 Å². The minimum absolute atomic E-state index is 0.210. The summed E-state index contributed by atoms with van der Waals surface area (Å²) in [4.78, 5) is 4.31. The van der Waals surface area contributed by atoms with Crippen LogP contribution in [0.25, 0.3) is 0 Å². The van der Waals surface area contributed by atoms with Gasteiger partial charge in [0.2, 0.25) is 5.89 Å². The van der Waals surface area contributed by atoms with Crippen LogP contribution in [0.3, 0.4) is 0 Å². The Balaban J connectivity index is 2.11. The summed E-state index contributed by atoms with van der Waals surface area (Å²) in [6.45, 7) is 6.24. The Morgan fingerprint density at radius 1 is 1.25 bits per heavy atom. The second-order valence-corrected chi connectivity index (χ2v) is 4.73. The van der Waals surface area contributed by atoms with E-state index in [0.29, 0.717) is 18.3 Å². The van der Waals surface area contributed by atoms with E-state index in [-0.39, 0.29) is 12.0 Å². The average molecular weight is 276 g/mol. The summed E-state index contributed by atoms with van der Waals surface area (Å²) in [6.07, 6.45) is -0.884. The Bertz CT molecular complexity index is 527. The molecule has 0 aliphatic heterocycles. The first-order valence-corrected chi connectivity index (χ1v) is 6.81. The van der Waals surface area contributed by atoms with Gasteiger partial charge in [0.15, 0.2) is 5.82 Å². The van der Waals surface area contributed by atoms with Crippen LogP contribution >= 0.6 is 0 Å². The van der Waals surface area contributed by atoms with E-state index in [1.54, 1.807) is 0 Å². The monoisotopic (exact) mass is 276 g/mol. The molecular formula is C15H20N2O3. The summed E-state index contributed by atoms with van der Waals surface area (Å²) in [6, 6.07) is 9.45. The van der Waals surface area contributed by atoms with E-state index in [0.717, 1.165) is 5.56 Å². The maximum atomic E-state index is 10.3. The molecule has 1 heterocycles. The lowest BCUT2D eigenvalue weighted by Gasteiger charge is -2.15. The minimum Gasteiger partial charge on any atom is -0.388 e. The van der Waals surface area contributed by atoms with Gasteiger partial charge in [-0.2, -0.15) is 4.98 Å². The normalized spacial score (nSPS) is 15.8. The number of rotatable bonds is 6. The lowest BCUT2D eigenvalue weighted by Crippen LogP contribution is -2.08. The largest absolute Gasteiger partial charge is 0.388 e. The van der Waals surface area contributed by atoms with E-state index in [2.05, 4.69) is 10.1 Å². The van der Waals surface area contributed by atoms with E-state index < -0.39 is 6.10 Å². The molecule has 0 spiro atoms. The first kappa shape index (κ1) is 14.7. The van der Waals surface area contributed by atoms with E-state index in [1.807, 2.05) is 51.1 Å². The number of nitrogens with zero attached hydrogens (tertiary/aromatic N) is 2. The molecule has 2 aromatic rings. The average Bonchev–Trinajstić information content (AvgIpc) is 2.97. The van der Waals surface area contributed by atoms with Crippen molar-refractivity contribution in [1.82, 2.24) is 10.1 Å². The van der Waals surface area contributed by atoms with Gasteiger partial charge >= 0.3 is 0 Å². The third-order valence-electron chi connectivity index (χ3n) is 3.24. The number of aliphatic hydroxyl groups is 1. The summed E-state index contributed by atoms with van der Waals surface area (Å²) in [5.74, 6) is 0.657. The van der Waals surface area contributed by atoms with Crippen LogP contribution in [-0.2, 0) is 4.74 Å². The van der Waals surface area contributed by atoms with Gasteiger partial charge < -0.3 is 14.4 Å². The number of aliphatic hydroxyl groups excluding tert-OH is 1. The standard InChI is InChI=1S/C15H20N2O3/c1-4-19-11(3)14-16-15(20-17-14)10(2)13(18)12-8-6-5-7-9-12/h5-11,13,18H,4H2,1-3H3. The summed E-state index contributed by atoms with van der Waals surface area (Å²) < 4.78 is 10.7. The maximum Gasteiger partial charge on any atom is 0.232 e. The number of aromatic nitrogens is 2. The molecule has 5 nitrogen and oxygen atoms in total. The second-order valence-electron chi connectivity index (χ2n) is 4.73. The molecule has 3 atom stereocenters. The third kappa shape index (κ3) is 3.23. The van der Waals surface area contributed by atoms with Crippen LogP contribution in [0.4, 0.5) is 0 Å². The van der Waals surface area contributed by atoms with Crippen LogP contribution < -0.4 is 0 Å². The second kappa shape index (κ2) is 6.63. The van der Waals surface area contributed by atoms with E-state index >= 15 is 0 Å². The van der Waals surface area contributed by atoms with Crippen molar-refractivity contribution in [3.05, 3.63) is 47.6 Å². The van der Waals surface area contributed by atoms with Gasteiger partial charge in [-0.1, -0.05) is 42.4 Å². The lowest BCUT2D eigenvalue weighted by atomic mass is 9.97. The van der Waals surface area contributed by atoms with Gasteiger partial charge in [0.1, 0.15) is 6.10 Å². The van der Waals surface area contributed by atoms with Gasteiger partial charge in [-0.25, -0.2) is 0 Å². The highest BCUT2D eigenvalue weighted by Gasteiger charge is 2.25. The summed E-state index contributed by atoms with van der Waals surface area (Å²) in [7, 11) is 0. The van der Waals surface area contributed by atoms with E-state index in [4.69, 9.17) is 9.26 Å². The highest BCUT2D eigenvalue weighted by molar-refractivity contribution is 5.20. The smallest absolute Gasteiger partial charge is 0.232 e. The molecule has 0 saturated carbocycles. The molecule has 0 fully saturated rings. The summed E-state index contributed by atoms with van der Waals surface area (Å²) in [5, 5.41) is 14.2. The van der Waals surface area contributed by atoms with Crippen molar-refractivity contribution in [2.75, 3.05) is 6.61 Å². The van der Waals surface area contributed by atoms with Crippen molar-refractivity contribution in [2.45, 2.75) is 38.9 Å². The molecule has 0 saturated heterocycles. The molecule has 1 N–H and O–H groups in total. The fourth-order valence-electron chi connectivity index (χ4n) is 2.00. The predicted molar refractivity (Wildman–Crippen MR) is 74.2 cm³/mol. The number of ether oxygens (including phenoxy) is 1. The molecule has 0 aliphatic rings. The zero-order chi connectivity index (χ0) is 14.5. The highest BCUT2D eigenvalue weighted by Crippen LogP contribution is 2.30. The zero-order valence-electron chi connectivity index (χ0n) is 12.0. The molecule has 0 radical (unpaired) electrons. The Hall–Kier alpha value is -1.72. The molecule has 0 bridgehead atoms. The molecule has 1 aromatic heterocycles. The molecule has 0 amide bonds. The maximum absolute atomic E-state index is 10.3. The van der Waals surface area contributed by atoms with Gasteiger partial charge in [-0.3, -0.25) is 0 Å². The topological polar surface area (TPSA) is 68.4 Å². The van der Waals surface area contributed by atoms with Crippen LogP contribution in [0.5, 0.6) is 0 Å². The molecule has 3 unspecified atom stereocenters. The number of hydrogen-bond donors (Lipinski definition) is 1. The Morgan fingerprint density at radius 3 is 2.60 bits per heavy atom. The van der Waals surface area contributed by atoms with Crippen molar-refractivity contribution in [3.63, 3.8) is 0 Å². The van der Waals surface area contributed by atoms with Crippen LogP contribution in [0.15, 0.2) is 34.9 Å². The minimum atomic E-state index is -0.674. The molecule has 20 heavy (non-hydrogen) atoms. The Morgan fingerprint density at radius 2 is 1.95 bits per heavy atom. The number of benzene rings is 1. The van der Waals surface area contributed by atoms with Crippen molar-refractivity contribution < 1.29 is 14.4 Å². The van der Waals surface area contributed by atoms with Gasteiger partial charge in [-0.05, 0) is 19.4 Å². The highest BCUT2D eigenvalue weighted by atomic mass is 16.5. The fourth-order valence-corrected chi connectivity index (χ4v) is 2.00. The molecule has 1 aromatic carbocycles. The summed E-state index contributed by atoms with van der Waals surface area (Å²) in [5.41, 5.74) is 0.831. The van der Waals surface area contributed by atoms with Crippen molar-refractivity contribution in [1.29, 1.82) is 0 Å². The SMILES string of the molecule is CCOC(C)c1noc(C(C)C(O)c2ccccc2)n1. The first-order valence-electron chi connectivity index (χ1n) is 6.81. The molecule has 5 heteroatoms. The molecule has 108 valence electrons. The van der Waals surface area contributed by atoms with E-state index in [9.17, 15) is 5.11 Å². The van der Waals surface area contributed by atoms with Gasteiger partial charge in [0.25, 0.3) is 0 Å². The van der Waals surface area contributed by atoms with Crippen molar-refractivity contribution >= 4 is 0 Å².